The fraction of sp³-hybridized carbons (Fsp3) is 0.500. The molecule has 2 rings (SSSR count). The van der Waals surface area contributed by atoms with E-state index in [1.54, 1.807) is 13.2 Å². The molecular weight excluding hydrogens is 292 g/mol. The molecule has 1 aromatic rings. The summed E-state index contributed by atoms with van der Waals surface area (Å²) in [6.07, 6.45) is 3.54. The van der Waals surface area contributed by atoms with Gasteiger partial charge in [0.05, 0.1) is 13.2 Å². The number of amides is 1. The van der Waals surface area contributed by atoms with Crippen LogP contribution in [-0.2, 0) is 4.79 Å². The van der Waals surface area contributed by atoms with Crippen LogP contribution in [0.2, 0.25) is 0 Å². The molecule has 1 aromatic carbocycles. The number of carbonyl (C=O) groups excluding carboxylic acids is 1. The van der Waals surface area contributed by atoms with E-state index in [2.05, 4.69) is 11.9 Å². The molecule has 0 radical (unpaired) electrons. The zero-order chi connectivity index (χ0) is 16.8. The van der Waals surface area contributed by atoms with Crippen LogP contribution in [0.25, 0.3) is 6.08 Å². The Labute approximate surface area is 138 Å². The Bertz CT molecular complexity index is 561. The van der Waals surface area contributed by atoms with Crippen molar-refractivity contribution in [2.45, 2.75) is 20.0 Å². The van der Waals surface area contributed by atoms with Crippen molar-refractivity contribution >= 4 is 12.0 Å². The van der Waals surface area contributed by atoms with Crippen LogP contribution in [0.4, 0.5) is 0 Å². The lowest BCUT2D eigenvalue weighted by Gasteiger charge is -2.31. The van der Waals surface area contributed by atoms with Gasteiger partial charge >= 0.3 is 0 Å². The number of nitrogens with zero attached hydrogens (tertiary/aromatic N) is 2. The van der Waals surface area contributed by atoms with Crippen LogP contribution in [0.15, 0.2) is 24.3 Å². The van der Waals surface area contributed by atoms with Gasteiger partial charge in [-0.1, -0.05) is 6.07 Å². The van der Waals surface area contributed by atoms with E-state index in [0.717, 1.165) is 31.7 Å². The normalized spacial score (nSPS) is 16.1. The van der Waals surface area contributed by atoms with Crippen LogP contribution in [0.1, 0.15) is 19.4 Å². The van der Waals surface area contributed by atoms with E-state index in [0.29, 0.717) is 11.5 Å². The topological polar surface area (TPSA) is 42.0 Å². The van der Waals surface area contributed by atoms with E-state index in [1.165, 1.54) is 0 Å². The average molecular weight is 318 g/mol. The minimum atomic E-state index is 0.0552. The highest BCUT2D eigenvalue weighted by Crippen LogP contribution is 2.29. The predicted molar refractivity (Wildman–Crippen MR) is 91.9 cm³/mol. The summed E-state index contributed by atoms with van der Waals surface area (Å²) in [4.78, 5) is 16.3. The molecule has 1 saturated heterocycles. The summed E-state index contributed by atoms with van der Waals surface area (Å²) in [5.41, 5.74) is 0.917. The SMILES string of the molecule is COc1cc(C=CC(=O)N2CCN(C)CC2)ccc1OC(C)C. The third kappa shape index (κ3) is 4.99. The fourth-order valence-corrected chi connectivity index (χ4v) is 2.44. The maximum atomic E-state index is 12.2. The average Bonchev–Trinajstić information content (AvgIpc) is 2.53. The first-order chi connectivity index (χ1) is 11.0. The Morgan fingerprint density at radius 2 is 1.87 bits per heavy atom. The number of carbonyl (C=O) groups is 1. The lowest BCUT2D eigenvalue weighted by molar-refractivity contribution is -0.127. The van der Waals surface area contributed by atoms with Gasteiger partial charge in [-0.25, -0.2) is 0 Å². The number of hydrogen-bond donors (Lipinski definition) is 0. The van der Waals surface area contributed by atoms with Crippen LogP contribution in [0.5, 0.6) is 11.5 Å². The van der Waals surface area contributed by atoms with E-state index in [9.17, 15) is 4.79 Å². The van der Waals surface area contributed by atoms with Crippen LogP contribution >= 0.6 is 0 Å². The van der Waals surface area contributed by atoms with Gasteiger partial charge in [-0.15, -0.1) is 0 Å². The number of rotatable bonds is 5. The Hall–Kier alpha value is -2.01. The largest absolute Gasteiger partial charge is 0.493 e. The molecule has 1 amide bonds. The molecule has 1 fully saturated rings. The zero-order valence-electron chi connectivity index (χ0n) is 14.4. The lowest BCUT2D eigenvalue weighted by atomic mass is 10.1. The van der Waals surface area contributed by atoms with Crippen molar-refractivity contribution < 1.29 is 14.3 Å². The van der Waals surface area contributed by atoms with Crippen LogP contribution < -0.4 is 9.47 Å². The van der Waals surface area contributed by atoms with Gasteiger partial charge in [-0.2, -0.15) is 0 Å². The van der Waals surface area contributed by atoms with Gasteiger partial charge < -0.3 is 19.3 Å². The van der Waals surface area contributed by atoms with Crippen molar-refractivity contribution in [2.75, 3.05) is 40.3 Å². The fourth-order valence-electron chi connectivity index (χ4n) is 2.44. The van der Waals surface area contributed by atoms with Crippen LogP contribution in [-0.4, -0.2) is 62.1 Å². The summed E-state index contributed by atoms with van der Waals surface area (Å²) in [7, 11) is 3.69. The Morgan fingerprint density at radius 3 is 2.48 bits per heavy atom. The second-order valence-electron chi connectivity index (χ2n) is 6.04. The van der Waals surface area contributed by atoms with Crippen molar-refractivity contribution in [1.82, 2.24) is 9.80 Å². The molecule has 1 heterocycles. The smallest absolute Gasteiger partial charge is 0.246 e. The third-order valence-electron chi connectivity index (χ3n) is 3.78. The molecule has 0 N–H and O–H groups in total. The van der Waals surface area contributed by atoms with Crippen LogP contribution in [0, 0.1) is 0 Å². The van der Waals surface area contributed by atoms with Gasteiger partial charge in [-0.3, -0.25) is 4.79 Å². The molecule has 23 heavy (non-hydrogen) atoms. The van der Waals surface area contributed by atoms with Gasteiger partial charge in [-0.05, 0) is 44.7 Å². The van der Waals surface area contributed by atoms with E-state index < -0.39 is 0 Å². The molecule has 5 heteroatoms. The van der Waals surface area contributed by atoms with Gasteiger partial charge in [0, 0.05) is 32.3 Å². The third-order valence-corrected chi connectivity index (χ3v) is 3.78. The van der Waals surface area contributed by atoms with Crippen molar-refractivity contribution in [3.05, 3.63) is 29.8 Å². The first kappa shape index (κ1) is 17.3. The summed E-state index contributed by atoms with van der Waals surface area (Å²) < 4.78 is 11.1. The maximum absolute atomic E-state index is 12.2. The molecule has 0 bridgehead atoms. The molecule has 0 unspecified atom stereocenters. The molecule has 1 aliphatic rings. The summed E-state index contributed by atoms with van der Waals surface area (Å²) in [6.45, 7) is 7.36. The van der Waals surface area contributed by atoms with Crippen LogP contribution in [0.3, 0.4) is 0 Å². The second kappa shape index (κ2) is 8.02. The summed E-state index contributed by atoms with van der Waals surface area (Å²) >= 11 is 0. The van der Waals surface area contributed by atoms with Gasteiger partial charge in [0.15, 0.2) is 11.5 Å². The van der Waals surface area contributed by atoms with E-state index in [1.807, 2.05) is 43.0 Å². The monoisotopic (exact) mass is 318 g/mol. The molecule has 0 aromatic heterocycles. The van der Waals surface area contributed by atoms with Crippen molar-refractivity contribution in [1.29, 1.82) is 0 Å². The molecule has 1 aliphatic heterocycles. The number of hydrogen-bond acceptors (Lipinski definition) is 4. The van der Waals surface area contributed by atoms with Gasteiger partial charge in [0.1, 0.15) is 0 Å². The molecule has 5 nitrogen and oxygen atoms in total. The van der Waals surface area contributed by atoms with Gasteiger partial charge in [0.25, 0.3) is 0 Å². The summed E-state index contributed by atoms with van der Waals surface area (Å²) in [5, 5.41) is 0. The Morgan fingerprint density at radius 1 is 1.17 bits per heavy atom. The quantitative estimate of drug-likeness (QED) is 0.781. The van der Waals surface area contributed by atoms with Crippen molar-refractivity contribution in [3.63, 3.8) is 0 Å². The number of benzene rings is 1. The second-order valence-corrected chi connectivity index (χ2v) is 6.04. The Kier molecular flexibility index (Phi) is 6.04. The van der Waals surface area contributed by atoms with Crippen molar-refractivity contribution in [3.8, 4) is 11.5 Å². The van der Waals surface area contributed by atoms with Crippen molar-refractivity contribution in [2.24, 2.45) is 0 Å². The maximum Gasteiger partial charge on any atom is 0.246 e. The number of piperazine rings is 1. The molecule has 0 aliphatic carbocycles. The van der Waals surface area contributed by atoms with E-state index >= 15 is 0 Å². The highest BCUT2D eigenvalue weighted by atomic mass is 16.5. The number of likely N-dealkylation sites (N-methyl/N-ethyl adjacent to an activating group) is 1. The minimum absolute atomic E-state index is 0.0552. The summed E-state index contributed by atoms with van der Waals surface area (Å²) in [5.74, 6) is 1.44. The highest BCUT2D eigenvalue weighted by molar-refractivity contribution is 5.92. The molecule has 0 saturated carbocycles. The molecule has 126 valence electrons. The molecule has 0 spiro atoms. The van der Waals surface area contributed by atoms with E-state index in [-0.39, 0.29) is 12.0 Å². The first-order valence-corrected chi connectivity index (χ1v) is 8.00. The first-order valence-electron chi connectivity index (χ1n) is 8.00. The number of ether oxygens (including phenoxy) is 2. The Balaban J connectivity index is 2.03. The molecule has 0 atom stereocenters. The highest BCUT2D eigenvalue weighted by Gasteiger charge is 2.16. The predicted octanol–water partition coefficient (Wildman–Crippen LogP) is 2.27. The number of methoxy groups -OCH3 is 1. The van der Waals surface area contributed by atoms with Gasteiger partial charge in [0.2, 0.25) is 5.91 Å². The summed E-state index contributed by atoms with van der Waals surface area (Å²) in [6, 6.07) is 5.68. The lowest BCUT2D eigenvalue weighted by Crippen LogP contribution is -2.46. The minimum Gasteiger partial charge on any atom is -0.493 e. The zero-order valence-corrected chi connectivity index (χ0v) is 14.4. The molecular formula is C18H26N2O3. The van der Waals surface area contributed by atoms with E-state index in [4.69, 9.17) is 9.47 Å². The standard InChI is InChI=1S/C18H26N2O3/c1-14(2)23-16-7-5-15(13-17(16)22-4)6-8-18(21)20-11-9-19(3)10-12-20/h5-8,13-14H,9-12H2,1-4H3.